The Balaban J connectivity index is 1.93. The minimum absolute atomic E-state index is 0.528. The monoisotopic (exact) mass is 228 g/mol. The van der Waals surface area contributed by atoms with E-state index in [2.05, 4.69) is 0 Å². The van der Waals surface area contributed by atoms with Gasteiger partial charge in [0.25, 0.3) is 0 Å². The fourth-order valence-electron chi connectivity index (χ4n) is 2.00. The molecule has 0 bridgehead atoms. The van der Waals surface area contributed by atoms with Crippen LogP contribution in [0.25, 0.3) is 11.0 Å². The van der Waals surface area contributed by atoms with Gasteiger partial charge < -0.3 is 13.9 Å². The lowest BCUT2D eigenvalue weighted by molar-refractivity contribution is 0.178. The molecule has 3 aromatic rings. The summed E-state index contributed by atoms with van der Waals surface area (Å²) in [5, 5.41) is 11.1. The number of benzene rings is 1. The van der Waals surface area contributed by atoms with Crippen molar-refractivity contribution in [2.45, 2.75) is 12.5 Å². The molecule has 0 spiro atoms. The van der Waals surface area contributed by atoms with Gasteiger partial charge in [0.05, 0.1) is 24.9 Å². The van der Waals surface area contributed by atoms with Crippen molar-refractivity contribution in [1.82, 2.24) is 0 Å². The highest BCUT2D eigenvalue weighted by molar-refractivity contribution is 5.81. The second kappa shape index (κ2) is 4.11. The Labute approximate surface area is 98.3 Å². The van der Waals surface area contributed by atoms with Crippen LogP contribution in [0.5, 0.6) is 0 Å². The molecule has 3 rings (SSSR count). The van der Waals surface area contributed by atoms with Crippen LogP contribution in [-0.2, 0) is 6.42 Å². The first-order chi connectivity index (χ1) is 8.34. The van der Waals surface area contributed by atoms with Gasteiger partial charge in [-0.25, -0.2) is 0 Å². The van der Waals surface area contributed by atoms with Crippen molar-refractivity contribution >= 4 is 11.0 Å². The molecule has 17 heavy (non-hydrogen) atoms. The number of aliphatic hydroxyl groups excluding tert-OH is 1. The molecule has 3 nitrogen and oxygen atoms in total. The third-order valence-electron chi connectivity index (χ3n) is 2.88. The summed E-state index contributed by atoms with van der Waals surface area (Å²) in [4.78, 5) is 0. The number of hydrogen-bond acceptors (Lipinski definition) is 3. The first-order valence-electron chi connectivity index (χ1n) is 5.50. The van der Waals surface area contributed by atoms with E-state index in [4.69, 9.17) is 8.83 Å². The number of hydrogen-bond donors (Lipinski definition) is 1. The average Bonchev–Trinajstić information content (AvgIpc) is 2.96. The van der Waals surface area contributed by atoms with E-state index in [9.17, 15) is 5.11 Å². The molecule has 86 valence electrons. The van der Waals surface area contributed by atoms with Crippen molar-refractivity contribution in [2.24, 2.45) is 0 Å². The molecule has 1 unspecified atom stereocenters. The van der Waals surface area contributed by atoms with Crippen LogP contribution >= 0.6 is 0 Å². The van der Waals surface area contributed by atoms with Gasteiger partial charge in [-0.15, -0.1) is 0 Å². The van der Waals surface area contributed by atoms with Crippen molar-refractivity contribution in [2.75, 3.05) is 0 Å². The number of rotatable bonds is 3. The zero-order valence-corrected chi connectivity index (χ0v) is 9.17. The van der Waals surface area contributed by atoms with Gasteiger partial charge in [0, 0.05) is 17.4 Å². The second-order valence-electron chi connectivity index (χ2n) is 4.04. The summed E-state index contributed by atoms with van der Waals surface area (Å²) in [7, 11) is 0. The maximum atomic E-state index is 10.2. The minimum atomic E-state index is -0.573. The maximum Gasteiger partial charge on any atom is 0.134 e. The molecule has 0 aliphatic rings. The smallest absolute Gasteiger partial charge is 0.134 e. The number of fused-ring (bicyclic) bond motifs is 1. The fraction of sp³-hybridized carbons (Fsp3) is 0.143. The highest BCUT2D eigenvalue weighted by Crippen LogP contribution is 2.28. The highest BCUT2D eigenvalue weighted by atomic mass is 16.3. The van der Waals surface area contributed by atoms with Crippen LogP contribution in [-0.4, -0.2) is 5.11 Å². The molecule has 1 atom stereocenters. The number of furan rings is 2. The van der Waals surface area contributed by atoms with Crippen molar-refractivity contribution in [3.8, 4) is 0 Å². The maximum absolute atomic E-state index is 10.2. The third kappa shape index (κ3) is 1.85. The van der Waals surface area contributed by atoms with E-state index in [1.54, 1.807) is 18.8 Å². The van der Waals surface area contributed by atoms with Crippen LogP contribution in [0.3, 0.4) is 0 Å². The van der Waals surface area contributed by atoms with E-state index in [-0.39, 0.29) is 0 Å². The Hall–Kier alpha value is -2.00. The lowest BCUT2D eigenvalue weighted by Crippen LogP contribution is -1.99. The van der Waals surface area contributed by atoms with E-state index in [0.29, 0.717) is 6.42 Å². The number of para-hydroxylation sites is 1. The van der Waals surface area contributed by atoms with E-state index in [1.165, 1.54) is 0 Å². The molecule has 0 saturated carbocycles. The van der Waals surface area contributed by atoms with Gasteiger partial charge in [-0.2, -0.15) is 0 Å². The quantitative estimate of drug-likeness (QED) is 0.748. The van der Waals surface area contributed by atoms with Crippen LogP contribution in [0.15, 0.2) is 58.0 Å². The van der Waals surface area contributed by atoms with E-state index in [1.807, 2.05) is 30.3 Å². The molecule has 0 radical (unpaired) electrons. The Bertz CT molecular complexity index is 607. The van der Waals surface area contributed by atoms with Crippen LogP contribution in [0.1, 0.15) is 17.2 Å². The number of aliphatic hydroxyl groups is 1. The Morgan fingerprint density at radius 2 is 2.00 bits per heavy atom. The standard InChI is InChI=1S/C14H12O3/c15-13(7-10-5-6-16-8-10)12-9-17-14-4-2-1-3-11(12)14/h1-6,8-9,13,15H,7H2. The van der Waals surface area contributed by atoms with Crippen LogP contribution in [0, 0.1) is 0 Å². The van der Waals surface area contributed by atoms with Crippen molar-refractivity contribution in [3.05, 3.63) is 60.2 Å². The molecule has 0 aliphatic carbocycles. The average molecular weight is 228 g/mol. The summed E-state index contributed by atoms with van der Waals surface area (Å²) in [6, 6.07) is 9.55. The molecule has 2 heterocycles. The highest BCUT2D eigenvalue weighted by Gasteiger charge is 2.15. The van der Waals surface area contributed by atoms with Crippen molar-refractivity contribution < 1.29 is 13.9 Å². The third-order valence-corrected chi connectivity index (χ3v) is 2.88. The first-order valence-corrected chi connectivity index (χ1v) is 5.50. The van der Waals surface area contributed by atoms with Gasteiger partial charge in [0.2, 0.25) is 0 Å². The van der Waals surface area contributed by atoms with Gasteiger partial charge in [-0.1, -0.05) is 18.2 Å². The summed E-state index contributed by atoms with van der Waals surface area (Å²) in [6.07, 6.45) is 4.83. The molecule has 0 saturated heterocycles. The van der Waals surface area contributed by atoms with Gasteiger partial charge in [0.15, 0.2) is 0 Å². The van der Waals surface area contributed by atoms with Crippen LogP contribution < -0.4 is 0 Å². The molecule has 2 aromatic heterocycles. The van der Waals surface area contributed by atoms with Crippen LogP contribution in [0.4, 0.5) is 0 Å². The van der Waals surface area contributed by atoms with Gasteiger partial charge in [0.1, 0.15) is 5.58 Å². The lowest BCUT2D eigenvalue weighted by atomic mass is 10.0. The van der Waals surface area contributed by atoms with Gasteiger partial charge in [-0.3, -0.25) is 0 Å². The zero-order chi connectivity index (χ0) is 11.7. The predicted molar refractivity (Wildman–Crippen MR) is 63.6 cm³/mol. The normalized spacial score (nSPS) is 13.0. The van der Waals surface area contributed by atoms with Crippen LogP contribution in [0.2, 0.25) is 0 Å². The van der Waals surface area contributed by atoms with Gasteiger partial charge in [-0.05, 0) is 17.7 Å². The molecule has 0 aliphatic heterocycles. The molecule has 0 amide bonds. The van der Waals surface area contributed by atoms with E-state index < -0.39 is 6.10 Å². The van der Waals surface area contributed by atoms with E-state index in [0.717, 1.165) is 22.1 Å². The summed E-state index contributed by atoms with van der Waals surface area (Å²) in [5.74, 6) is 0. The molecular formula is C14H12O3. The fourth-order valence-corrected chi connectivity index (χ4v) is 2.00. The Morgan fingerprint density at radius 3 is 2.82 bits per heavy atom. The SMILES string of the molecule is OC(Cc1ccoc1)c1coc2ccccc12. The summed E-state index contributed by atoms with van der Waals surface area (Å²) in [6.45, 7) is 0. The first kappa shape index (κ1) is 10.2. The van der Waals surface area contributed by atoms with Crippen molar-refractivity contribution in [1.29, 1.82) is 0 Å². The zero-order valence-electron chi connectivity index (χ0n) is 9.17. The summed E-state index contributed by atoms with van der Waals surface area (Å²) >= 11 is 0. The molecule has 0 fully saturated rings. The largest absolute Gasteiger partial charge is 0.472 e. The van der Waals surface area contributed by atoms with Crippen molar-refractivity contribution in [3.63, 3.8) is 0 Å². The summed E-state index contributed by atoms with van der Waals surface area (Å²) < 4.78 is 10.4. The second-order valence-corrected chi connectivity index (χ2v) is 4.04. The molecule has 1 N–H and O–H groups in total. The molecule has 1 aromatic carbocycles. The topological polar surface area (TPSA) is 46.5 Å². The van der Waals surface area contributed by atoms with Gasteiger partial charge >= 0.3 is 0 Å². The molecule has 3 heteroatoms. The predicted octanol–water partition coefficient (Wildman–Crippen LogP) is 3.30. The summed E-state index contributed by atoms with van der Waals surface area (Å²) in [5.41, 5.74) is 2.60. The lowest BCUT2D eigenvalue weighted by Gasteiger charge is -2.06. The Morgan fingerprint density at radius 1 is 1.12 bits per heavy atom. The van der Waals surface area contributed by atoms with E-state index >= 15 is 0 Å². The molecular weight excluding hydrogens is 216 g/mol. The Kier molecular flexibility index (Phi) is 2.46. The minimum Gasteiger partial charge on any atom is -0.472 e.